The third kappa shape index (κ3) is 4.79. The summed E-state index contributed by atoms with van der Waals surface area (Å²) in [6.45, 7) is 5.08. The monoisotopic (exact) mass is 330 g/mol. The van der Waals surface area contributed by atoms with E-state index in [2.05, 4.69) is 6.58 Å². The lowest BCUT2D eigenvalue weighted by molar-refractivity contribution is -0.917. The second-order valence-corrected chi connectivity index (χ2v) is 5.49. The second-order valence-electron chi connectivity index (χ2n) is 5.49. The Balaban J connectivity index is 2.01. The van der Waals surface area contributed by atoms with Crippen LogP contribution in [0.15, 0.2) is 60.0 Å². The van der Waals surface area contributed by atoms with Gasteiger partial charge in [-0.3, -0.25) is 19.5 Å². The molecule has 7 nitrogen and oxygen atoms in total. The summed E-state index contributed by atoms with van der Waals surface area (Å²) in [5, 5.41) is 10.8. The minimum absolute atomic E-state index is 0.0916. The zero-order valence-electron chi connectivity index (χ0n) is 13.5. The third-order valence-corrected chi connectivity index (χ3v) is 3.42. The number of nitrogens with one attached hydrogen (secondary N) is 1. The number of hydrogen-bond acceptors (Lipinski definition) is 4. The lowest BCUT2D eigenvalue weighted by atomic mass is 10.2. The van der Waals surface area contributed by atoms with Crippen molar-refractivity contribution >= 4 is 5.69 Å². The highest BCUT2D eigenvalue weighted by atomic mass is 16.6. The largest absolute Gasteiger partial charge is 0.490 e. The van der Waals surface area contributed by atoms with E-state index in [0.29, 0.717) is 19.8 Å². The molecule has 0 amide bonds. The first-order valence-electron chi connectivity index (χ1n) is 7.48. The molecule has 1 aromatic carbocycles. The molecule has 1 aromatic heterocycles. The number of pyridine rings is 1. The van der Waals surface area contributed by atoms with Gasteiger partial charge >= 0.3 is 0 Å². The van der Waals surface area contributed by atoms with Gasteiger partial charge < -0.3 is 9.64 Å². The van der Waals surface area contributed by atoms with Gasteiger partial charge in [-0.05, 0) is 24.3 Å². The van der Waals surface area contributed by atoms with Crippen molar-refractivity contribution in [2.24, 2.45) is 0 Å². The standard InChI is InChI=1S/C17H19N3O4/c1-3-10-24-16-7-4-14(5-8-16)11-18(2)13-19-12-15(20(22)23)6-9-17(19)21/h3-9,12H,1,10-11,13H2,2H3/p+1. The summed E-state index contributed by atoms with van der Waals surface area (Å²) in [6, 6.07) is 10.1. The van der Waals surface area contributed by atoms with Crippen LogP contribution in [0.1, 0.15) is 5.56 Å². The van der Waals surface area contributed by atoms with Crippen molar-refractivity contribution in [1.29, 1.82) is 0 Å². The molecule has 0 aliphatic carbocycles. The summed E-state index contributed by atoms with van der Waals surface area (Å²) in [5.74, 6) is 0.770. The SMILES string of the molecule is C=CCOc1ccc(C[NH+](C)Cn2cc([N+](=O)[O-])ccc2=O)cc1. The van der Waals surface area contributed by atoms with E-state index < -0.39 is 4.92 Å². The molecule has 2 rings (SSSR count). The van der Waals surface area contributed by atoms with Crippen molar-refractivity contribution in [3.8, 4) is 5.75 Å². The first-order valence-corrected chi connectivity index (χ1v) is 7.48. The molecule has 1 N–H and O–H groups in total. The van der Waals surface area contributed by atoms with Crippen molar-refractivity contribution in [3.05, 3.63) is 81.3 Å². The number of nitrogens with zero attached hydrogens (tertiary/aromatic N) is 2. The molecule has 0 saturated heterocycles. The van der Waals surface area contributed by atoms with E-state index in [-0.39, 0.29) is 11.2 Å². The van der Waals surface area contributed by atoms with Crippen LogP contribution in [-0.2, 0) is 13.2 Å². The Kier molecular flexibility index (Phi) is 5.86. The predicted molar refractivity (Wildman–Crippen MR) is 90.1 cm³/mol. The molecule has 0 fully saturated rings. The Morgan fingerprint density at radius 1 is 1.29 bits per heavy atom. The van der Waals surface area contributed by atoms with E-state index in [9.17, 15) is 14.9 Å². The fourth-order valence-corrected chi connectivity index (χ4v) is 2.30. The highest BCUT2D eigenvalue weighted by Gasteiger charge is 2.11. The molecular formula is C17H20N3O4+. The van der Waals surface area contributed by atoms with E-state index >= 15 is 0 Å². The van der Waals surface area contributed by atoms with E-state index in [1.54, 1.807) is 6.08 Å². The molecule has 2 aromatic rings. The van der Waals surface area contributed by atoms with Gasteiger partial charge in [0.15, 0.2) is 6.67 Å². The van der Waals surface area contributed by atoms with Crippen molar-refractivity contribution < 1.29 is 14.6 Å². The van der Waals surface area contributed by atoms with E-state index in [1.165, 1.54) is 22.9 Å². The Morgan fingerprint density at radius 3 is 2.62 bits per heavy atom. The van der Waals surface area contributed by atoms with Crippen LogP contribution in [0.25, 0.3) is 0 Å². The molecule has 24 heavy (non-hydrogen) atoms. The van der Waals surface area contributed by atoms with Crippen molar-refractivity contribution in [1.82, 2.24) is 4.57 Å². The first kappa shape index (κ1) is 17.4. The summed E-state index contributed by atoms with van der Waals surface area (Å²) in [5.41, 5.74) is 0.733. The van der Waals surface area contributed by atoms with Crippen LogP contribution in [0, 0.1) is 10.1 Å². The Hall–Kier alpha value is -2.93. The molecule has 1 unspecified atom stereocenters. The number of benzene rings is 1. The molecule has 0 spiro atoms. The summed E-state index contributed by atoms with van der Waals surface area (Å²) >= 11 is 0. The second kappa shape index (κ2) is 8.07. The van der Waals surface area contributed by atoms with Crippen LogP contribution in [0.5, 0.6) is 5.75 Å². The normalized spacial score (nSPS) is 11.7. The molecule has 0 aliphatic heterocycles. The first-order chi connectivity index (χ1) is 11.5. The number of aromatic nitrogens is 1. The molecule has 1 atom stereocenters. The summed E-state index contributed by atoms with van der Waals surface area (Å²) in [4.78, 5) is 23.2. The van der Waals surface area contributed by atoms with Crippen LogP contribution in [0.4, 0.5) is 5.69 Å². The molecular weight excluding hydrogens is 310 g/mol. The number of quaternary nitrogens is 1. The molecule has 0 aliphatic rings. The fraction of sp³-hybridized carbons (Fsp3) is 0.235. The molecule has 7 heteroatoms. The van der Waals surface area contributed by atoms with Crippen molar-refractivity contribution in [2.75, 3.05) is 13.7 Å². The molecule has 0 saturated carbocycles. The zero-order chi connectivity index (χ0) is 17.5. The number of nitro groups is 1. The lowest BCUT2D eigenvalue weighted by Gasteiger charge is -2.15. The Labute approximate surface area is 139 Å². The van der Waals surface area contributed by atoms with Gasteiger partial charge in [0, 0.05) is 17.7 Å². The highest BCUT2D eigenvalue weighted by Crippen LogP contribution is 2.11. The molecule has 126 valence electrons. The van der Waals surface area contributed by atoms with Gasteiger partial charge in [-0.1, -0.05) is 12.7 Å². The summed E-state index contributed by atoms with van der Waals surface area (Å²) in [6.07, 6.45) is 2.96. The zero-order valence-corrected chi connectivity index (χ0v) is 13.5. The van der Waals surface area contributed by atoms with Gasteiger partial charge in [-0.25, -0.2) is 0 Å². The van der Waals surface area contributed by atoms with Gasteiger partial charge in [0.1, 0.15) is 18.9 Å². The average Bonchev–Trinajstić information content (AvgIpc) is 2.56. The van der Waals surface area contributed by atoms with Gasteiger partial charge in [0.25, 0.3) is 11.2 Å². The Bertz CT molecular complexity index is 768. The lowest BCUT2D eigenvalue weighted by Crippen LogP contribution is -3.07. The van der Waals surface area contributed by atoms with E-state index in [4.69, 9.17) is 4.74 Å². The van der Waals surface area contributed by atoms with E-state index in [1.807, 2.05) is 31.3 Å². The van der Waals surface area contributed by atoms with Gasteiger partial charge in [-0.15, -0.1) is 0 Å². The Morgan fingerprint density at radius 2 is 2.00 bits per heavy atom. The summed E-state index contributed by atoms with van der Waals surface area (Å²) in [7, 11) is 1.92. The van der Waals surface area contributed by atoms with Crippen LogP contribution in [0.3, 0.4) is 0 Å². The average molecular weight is 330 g/mol. The van der Waals surface area contributed by atoms with Gasteiger partial charge in [0.2, 0.25) is 0 Å². The molecule has 0 radical (unpaired) electrons. The molecule has 1 heterocycles. The maximum Gasteiger partial charge on any atom is 0.285 e. The van der Waals surface area contributed by atoms with Crippen LogP contribution in [-0.4, -0.2) is 23.1 Å². The quantitative estimate of drug-likeness (QED) is 0.445. The number of hydrogen-bond donors (Lipinski definition) is 1. The highest BCUT2D eigenvalue weighted by molar-refractivity contribution is 5.27. The number of ether oxygens (including phenoxy) is 1. The van der Waals surface area contributed by atoms with Crippen molar-refractivity contribution in [3.63, 3.8) is 0 Å². The third-order valence-electron chi connectivity index (χ3n) is 3.42. The fourth-order valence-electron chi connectivity index (χ4n) is 2.30. The van der Waals surface area contributed by atoms with Crippen LogP contribution in [0.2, 0.25) is 0 Å². The minimum Gasteiger partial charge on any atom is -0.490 e. The van der Waals surface area contributed by atoms with Crippen LogP contribution < -0.4 is 15.2 Å². The van der Waals surface area contributed by atoms with Gasteiger partial charge in [0.05, 0.1) is 18.2 Å². The maximum absolute atomic E-state index is 11.8. The summed E-state index contributed by atoms with van der Waals surface area (Å²) < 4.78 is 6.78. The van der Waals surface area contributed by atoms with Gasteiger partial charge in [-0.2, -0.15) is 0 Å². The van der Waals surface area contributed by atoms with Crippen LogP contribution >= 0.6 is 0 Å². The molecule has 0 bridgehead atoms. The minimum atomic E-state index is -0.507. The number of rotatable bonds is 8. The predicted octanol–water partition coefficient (Wildman–Crippen LogP) is 0.994. The van der Waals surface area contributed by atoms with Crippen molar-refractivity contribution in [2.45, 2.75) is 13.2 Å². The van der Waals surface area contributed by atoms with E-state index in [0.717, 1.165) is 16.2 Å². The maximum atomic E-state index is 11.8. The smallest absolute Gasteiger partial charge is 0.285 e. The topological polar surface area (TPSA) is 78.8 Å².